The van der Waals surface area contributed by atoms with E-state index in [4.69, 9.17) is 4.74 Å². The molecule has 3 nitrogen and oxygen atoms in total. The van der Waals surface area contributed by atoms with E-state index >= 15 is 0 Å². The lowest BCUT2D eigenvalue weighted by Gasteiger charge is -2.33. The molecular formula is C17H16BrNO2. The van der Waals surface area contributed by atoms with Gasteiger partial charge in [-0.25, -0.2) is 0 Å². The van der Waals surface area contributed by atoms with E-state index in [0.29, 0.717) is 13.1 Å². The van der Waals surface area contributed by atoms with Crippen molar-refractivity contribution in [1.29, 1.82) is 0 Å². The fourth-order valence-corrected chi connectivity index (χ4v) is 2.90. The molecular weight excluding hydrogens is 330 g/mol. The van der Waals surface area contributed by atoms with Crippen molar-refractivity contribution in [3.05, 3.63) is 70.2 Å². The SMILES string of the molecule is O=C1COC(c2cccc(Br)c2)CN1Cc1ccccc1. The first kappa shape index (κ1) is 14.3. The van der Waals surface area contributed by atoms with E-state index in [9.17, 15) is 4.79 Å². The van der Waals surface area contributed by atoms with Gasteiger partial charge in [0.05, 0.1) is 6.54 Å². The molecule has 1 aliphatic heterocycles. The maximum atomic E-state index is 12.0. The highest BCUT2D eigenvalue weighted by Crippen LogP contribution is 2.25. The maximum Gasteiger partial charge on any atom is 0.249 e. The average molecular weight is 346 g/mol. The molecule has 1 unspecified atom stereocenters. The molecule has 0 saturated carbocycles. The highest BCUT2D eigenvalue weighted by Gasteiger charge is 2.27. The third-order valence-electron chi connectivity index (χ3n) is 3.58. The summed E-state index contributed by atoms with van der Waals surface area (Å²) in [6.07, 6.45) is -0.0658. The number of halogens is 1. The Morgan fingerprint density at radius 2 is 1.95 bits per heavy atom. The fraction of sp³-hybridized carbons (Fsp3) is 0.235. The Balaban J connectivity index is 1.74. The topological polar surface area (TPSA) is 29.5 Å². The number of morpholine rings is 1. The van der Waals surface area contributed by atoms with Crippen LogP contribution in [0, 0.1) is 0 Å². The van der Waals surface area contributed by atoms with Crippen LogP contribution in [0.25, 0.3) is 0 Å². The summed E-state index contributed by atoms with van der Waals surface area (Å²) in [5.41, 5.74) is 2.23. The zero-order valence-corrected chi connectivity index (χ0v) is 13.1. The van der Waals surface area contributed by atoms with Crippen LogP contribution >= 0.6 is 15.9 Å². The Kier molecular flexibility index (Phi) is 4.36. The Morgan fingerprint density at radius 3 is 2.71 bits per heavy atom. The summed E-state index contributed by atoms with van der Waals surface area (Å²) < 4.78 is 6.71. The highest BCUT2D eigenvalue weighted by atomic mass is 79.9. The summed E-state index contributed by atoms with van der Waals surface area (Å²) >= 11 is 3.47. The predicted molar refractivity (Wildman–Crippen MR) is 84.7 cm³/mol. The lowest BCUT2D eigenvalue weighted by molar-refractivity contribution is -0.150. The van der Waals surface area contributed by atoms with Crippen molar-refractivity contribution in [2.75, 3.05) is 13.2 Å². The standard InChI is InChI=1S/C17H16BrNO2/c18-15-8-4-7-14(9-15)16-11-19(17(20)12-21-16)10-13-5-2-1-3-6-13/h1-9,16H,10-12H2. The van der Waals surface area contributed by atoms with Crippen molar-refractivity contribution < 1.29 is 9.53 Å². The smallest absolute Gasteiger partial charge is 0.249 e. The number of ether oxygens (including phenoxy) is 1. The summed E-state index contributed by atoms with van der Waals surface area (Å²) in [5, 5.41) is 0. The minimum Gasteiger partial charge on any atom is -0.362 e. The second kappa shape index (κ2) is 6.41. The largest absolute Gasteiger partial charge is 0.362 e. The molecule has 1 saturated heterocycles. The number of amides is 1. The molecule has 0 bridgehead atoms. The molecule has 1 heterocycles. The second-order valence-corrected chi connectivity index (χ2v) is 6.03. The van der Waals surface area contributed by atoms with E-state index in [1.165, 1.54) is 0 Å². The lowest BCUT2D eigenvalue weighted by Crippen LogP contribution is -2.42. The summed E-state index contributed by atoms with van der Waals surface area (Å²) in [5.74, 6) is 0.0464. The molecule has 0 aromatic heterocycles. The Labute approximate surface area is 132 Å². The molecule has 0 radical (unpaired) electrons. The van der Waals surface area contributed by atoms with Gasteiger partial charge in [-0.15, -0.1) is 0 Å². The Morgan fingerprint density at radius 1 is 1.14 bits per heavy atom. The summed E-state index contributed by atoms with van der Waals surface area (Å²) in [7, 11) is 0. The molecule has 0 aliphatic carbocycles. The minimum atomic E-state index is -0.0658. The van der Waals surface area contributed by atoms with Crippen LogP contribution in [0.4, 0.5) is 0 Å². The molecule has 1 fully saturated rings. The Bertz CT molecular complexity index is 630. The fourth-order valence-electron chi connectivity index (χ4n) is 2.48. The summed E-state index contributed by atoms with van der Waals surface area (Å²) in [6.45, 7) is 1.36. The first-order valence-electron chi connectivity index (χ1n) is 6.91. The zero-order chi connectivity index (χ0) is 14.7. The summed E-state index contributed by atoms with van der Waals surface area (Å²) in [4.78, 5) is 13.9. The number of benzene rings is 2. The van der Waals surface area contributed by atoms with E-state index in [0.717, 1.165) is 15.6 Å². The number of carbonyl (C=O) groups is 1. The van der Waals surface area contributed by atoms with Crippen molar-refractivity contribution in [2.45, 2.75) is 12.6 Å². The van der Waals surface area contributed by atoms with Crippen molar-refractivity contribution in [1.82, 2.24) is 4.90 Å². The number of nitrogens with zero attached hydrogens (tertiary/aromatic N) is 1. The van der Waals surface area contributed by atoms with Crippen molar-refractivity contribution in [3.63, 3.8) is 0 Å². The van der Waals surface area contributed by atoms with Crippen LogP contribution in [-0.4, -0.2) is 24.0 Å². The van der Waals surface area contributed by atoms with Gasteiger partial charge in [0.1, 0.15) is 12.7 Å². The maximum absolute atomic E-state index is 12.0. The van der Waals surface area contributed by atoms with Gasteiger partial charge in [0.15, 0.2) is 0 Å². The molecule has 1 amide bonds. The van der Waals surface area contributed by atoms with Crippen LogP contribution in [0.3, 0.4) is 0 Å². The van der Waals surface area contributed by atoms with E-state index < -0.39 is 0 Å². The van der Waals surface area contributed by atoms with E-state index in [1.54, 1.807) is 0 Å². The molecule has 4 heteroatoms. The molecule has 21 heavy (non-hydrogen) atoms. The van der Waals surface area contributed by atoms with Gasteiger partial charge in [-0.1, -0.05) is 58.4 Å². The molecule has 0 N–H and O–H groups in total. The van der Waals surface area contributed by atoms with Crippen molar-refractivity contribution in [3.8, 4) is 0 Å². The van der Waals surface area contributed by atoms with Crippen LogP contribution in [0.15, 0.2) is 59.1 Å². The summed E-state index contributed by atoms with van der Waals surface area (Å²) in [6, 6.07) is 18.1. The molecule has 1 aliphatic rings. The van der Waals surface area contributed by atoms with Crippen LogP contribution < -0.4 is 0 Å². The van der Waals surface area contributed by atoms with Crippen LogP contribution in [0.5, 0.6) is 0 Å². The van der Waals surface area contributed by atoms with Gasteiger partial charge in [0, 0.05) is 11.0 Å². The van der Waals surface area contributed by atoms with Gasteiger partial charge in [0.2, 0.25) is 5.91 Å². The first-order chi connectivity index (χ1) is 10.2. The quantitative estimate of drug-likeness (QED) is 0.851. The molecule has 2 aromatic carbocycles. The average Bonchev–Trinajstić information content (AvgIpc) is 2.50. The lowest BCUT2D eigenvalue weighted by atomic mass is 10.1. The number of carbonyl (C=O) groups excluding carboxylic acids is 1. The van der Waals surface area contributed by atoms with Crippen LogP contribution in [-0.2, 0) is 16.1 Å². The van der Waals surface area contributed by atoms with Crippen LogP contribution in [0.1, 0.15) is 17.2 Å². The van der Waals surface area contributed by atoms with E-state index in [2.05, 4.69) is 15.9 Å². The normalized spacial score (nSPS) is 18.8. The second-order valence-electron chi connectivity index (χ2n) is 5.11. The third kappa shape index (κ3) is 3.52. The first-order valence-corrected chi connectivity index (χ1v) is 7.70. The van der Waals surface area contributed by atoms with Gasteiger partial charge >= 0.3 is 0 Å². The third-order valence-corrected chi connectivity index (χ3v) is 4.08. The molecule has 1 atom stereocenters. The van der Waals surface area contributed by atoms with E-state index in [1.807, 2.05) is 59.5 Å². The zero-order valence-electron chi connectivity index (χ0n) is 11.5. The highest BCUT2D eigenvalue weighted by molar-refractivity contribution is 9.10. The van der Waals surface area contributed by atoms with Gasteiger partial charge in [0.25, 0.3) is 0 Å². The van der Waals surface area contributed by atoms with Crippen molar-refractivity contribution >= 4 is 21.8 Å². The monoisotopic (exact) mass is 345 g/mol. The van der Waals surface area contributed by atoms with Gasteiger partial charge in [-0.2, -0.15) is 0 Å². The van der Waals surface area contributed by atoms with Gasteiger partial charge in [-0.05, 0) is 23.3 Å². The predicted octanol–water partition coefficient (Wildman–Crippen LogP) is 3.55. The molecule has 108 valence electrons. The number of rotatable bonds is 3. The molecule has 3 rings (SSSR count). The van der Waals surface area contributed by atoms with E-state index in [-0.39, 0.29) is 18.6 Å². The van der Waals surface area contributed by atoms with Crippen LogP contribution in [0.2, 0.25) is 0 Å². The molecule has 0 spiro atoms. The number of hydrogen-bond donors (Lipinski definition) is 0. The van der Waals surface area contributed by atoms with Gasteiger partial charge in [-0.3, -0.25) is 4.79 Å². The van der Waals surface area contributed by atoms with Crippen molar-refractivity contribution in [2.24, 2.45) is 0 Å². The number of hydrogen-bond acceptors (Lipinski definition) is 2. The Hall–Kier alpha value is -1.65. The molecule has 2 aromatic rings. The minimum absolute atomic E-state index is 0.0464. The van der Waals surface area contributed by atoms with Gasteiger partial charge < -0.3 is 9.64 Å².